The standard InChI is InChI=1S/C16H23N3O/c1-4-14-9-15(5-2)19(18-14)11-13-8-12(10-17)6-7-16(13)20-3/h6-9H,4-5,10-11,17H2,1-3H3. The molecular formula is C16H23N3O. The van der Waals surface area contributed by atoms with Gasteiger partial charge in [-0.05, 0) is 36.6 Å². The van der Waals surface area contributed by atoms with Gasteiger partial charge >= 0.3 is 0 Å². The number of hydrogen-bond donors (Lipinski definition) is 1. The van der Waals surface area contributed by atoms with E-state index in [1.807, 2.05) is 12.1 Å². The van der Waals surface area contributed by atoms with Crippen LogP contribution < -0.4 is 10.5 Å². The van der Waals surface area contributed by atoms with Crippen LogP contribution in [0, 0.1) is 0 Å². The predicted octanol–water partition coefficient (Wildman–Crippen LogP) is 2.52. The van der Waals surface area contributed by atoms with Crippen LogP contribution in [0.15, 0.2) is 24.3 Å². The molecule has 0 saturated carbocycles. The highest BCUT2D eigenvalue weighted by Crippen LogP contribution is 2.22. The van der Waals surface area contributed by atoms with Gasteiger partial charge in [0.05, 0.1) is 19.3 Å². The van der Waals surface area contributed by atoms with Gasteiger partial charge in [0.15, 0.2) is 0 Å². The zero-order chi connectivity index (χ0) is 14.5. The van der Waals surface area contributed by atoms with Crippen LogP contribution in [0.25, 0.3) is 0 Å². The molecule has 0 fully saturated rings. The van der Waals surface area contributed by atoms with E-state index in [-0.39, 0.29) is 0 Å². The molecule has 0 amide bonds. The number of ether oxygens (including phenoxy) is 1. The number of rotatable bonds is 6. The molecule has 0 radical (unpaired) electrons. The van der Waals surface area contributed by atoms with E-state index in [0.29, 0.717) is 6.54 Å². The van der Waals surface area contributed by atoms with E-state index < -0.39 is 0 Å². The highest BCUT2D eigenvalue weighted by Gasteiger charge is 2.10. The maximum absolute atomic E-state index is 5.72. The van der Waals surface area contributed by atoms with Crippen molar-refractivity contribution < 1.29 is 4.74 Å². The van der Waals surface area contributed by atoms with Crippen LogP contribution in [0.4, 0.5) is 0 Å². The highest BCUT2D eigenvalue weighted by atomic mass is 16.5. The number of benzene rings is 1. The van der Waals surface area contributed by atoms with Crippen molar-refractivity contribution in [3.05, 3.63) is 46.8 Å². The van der Waals surface area contributed by atoms with Crippen molar-refractivity contribution in [2.24, 2.45) is 5.73 Å². The van der Waals surface area contributed by atoms with Gasteiger partial charge in [-0.25, -0.2) is 0 Å². The maximum atomic E-state index is 5.72. The minimum absolute atomic E-state index is 0.539. The molecule has 108 valence electrons. The molecule has 2 N–H and O–H groups in total. The van der Waals surface area contributed by atoms with Crippen LogP contribution >= 0.6 is 0 Å². The van der Waals surface area contributed by atoms with E-state index in [4.69, 9.17) is 10.5 Å². The molecule has 4 nitrogen and oxygen atoms in total. The van der Waals surface area contributed by atoms with Gasteiger partial charge in [0.1, 0.15) is 5.75 Å². The lowest BCUT2D eigenvalue weighted by atomic mass is 10.1. The molecule has 0 spiro atoms. The molecule has 0 aliphatic rings. The summed E-state index contributed by atoms with van der Waals surface area (Å²) in [4.78, 5) is 0. The van der Waals surface area contributed by atoms with Gasteiger partial charge in [-0.2, -0.15) is 5.10 Å². The number of nitrogens with two attached hydrogens (primary N) is 1. The molecule has 4 heteroatoms. The molecule has 0 aliphatic carbocycles. The van der Waals surface area contributed by atoms with Gasteiger partial charge in [-0.15, -0.1) is 0 Å². The topological polar surface area (TPSA) is 53.1 Å². The number of aryl methyl sites for hydroxylation is 2. The molecule has 1 aromatic carbocycles. The molecule has 0 unspecified atom stereocenters. The van der Waals surface area contributed by atoms with Crippen molar-refractivity contribution in [1.29, 1.82) is 0 Å². The highest BCUT2D eigenvalue weighted by molar-refractivity contribution is 5.37. The SMILES string of the molecule is CCc1cc(CC)n(Cc2cc(CN)ccc2OC)n1. The van der Waals surface area contributed by atoms with E-state index in [2.05, 4.69) is 35.8 Å². The van der Waals surface area contributed by atoms with Crippen LogP contribution in [-0.2, 0) is 25.9 Å². The van der Waals surface area contributed by atoms with Crippen LogP contribution in [0.2, 0.25) is 0 Å². The van der Waals surface area contributed by atoms with Gasteiger partial charge in [-0.1, -0.05) is 19.9 Å². The average molecular weight is 273 g/mol. The van der Waals surface area contributed by atoms with Crippen LogP contribution in [-0.4, -0.2) is 16.9 Å². The smallest absolute Gasteiger partial charge is 0.123 e. The van der Waals surface area contributed by atoms with Crippen molar-refractivity contribution in [1.82, 2.24) is 9.78 Å². The number of hydrogen-bond acceptors (Lipinski definition) is 3. The Morgan fingerprint density at radius 1 is 1.20 bits per heavy atom. The average Bonchev–Trinajstić information content (AvgIpc) is 2.89. The Hall–Kier alpha value is -1.81. The molecule has 0 aliphatic heterocycles. The second-order valence-electron chi connectivity index (χ2n) is 4.84. The third-order valence-corrected chi connectivity index (χ3v) is 3.54. The van der Waals surface area contributed by atoms with Gasteiger partial charge in [0.25, 0.3) is 0 Å². The van der Waals surface area contributed by atoms with E-state index in [1.165, 1.54) is 5.69 Å². The first kappa shape index (κ1) is 14.6. The molecule has 1 aromatic heterocycles. The number of nitrogens with zero attached hydrogens (tertiary/aromatic N) is 2. The van der Waals surface area contributed by atoms with Crippen molar-refractivity contribution in [3.63, 3.8) is 0 Å². The minimum Gasteiger partial charge on any atom is -0.496 e. The summed E-state index contributed by atoms with van der Waals surface area (Å²) in [6.07, 6.45) is 1.94. The fraction of sp³-hybridized carbons (Fsp3) is 0.438. The Morgan fingerprint density at radius 2 is 2.00 bits per heavy atom. The summed E-state index contributed by atoms with van der Waals surface area (Å²) in [5.74, 6) is 0.887. The van der Waals surface area contributed by atoms with Crippen LogP contribution in [0.3, 0.4) is 0 Å². The van der Waals surface area contributed by atoms with E-state index >= 15 is 0 Å². The quantitative estimate of drug-likeness (QED) is 0.880. The summed E-state index contributed by atoms with van der Waals surface area (Å²) < 4.78 is 7.51. The van der Waals surface area contributed by atoms with Gasteiger partial charge in [0, 0.05) is 17.8 Å². The first-order valence-electron chi connectivity index (χ1n) is 7.13. The van der Waals surface area contributed by atoms with Crippen molar-refractivity contribution >= 4 is 0 Å². The molecular weight excluding hydrogens is 250 g/mol. The zero-order valence-corrected chi connectivity index (χ0v) is 12.5. The second kappa shape index (κ2) is 6.57. The largest absolute Gasteiger partial charge is 0.496 e. The summed E-state index contributed by atoms with van der Waals surface area (Å²) in [7, 11) is 1.70. The first-order valence-corrected chi connectivity index (χ1v) is 7.13. The summed E-state index contributed by atoms with van der Waals surface area (Å²) in [6.45, 7) is 5.54. The Morgan fingerprint density at radius 3 is 2.60 bits per heavy atom. The molecule has 20 heavy (non-hydrogen) atoms. The van der Waals surface area contributed by atoms with E-state index in [0.717, 1.165) is 42.0 Å². The summed E-state index contributed by atoms with van der Waals surface area (Å²) in [5, 5.41) is 4.66. The number of methoxy groups -OCH3 is 1. The lowest BCUT2D eigenvalue weighted by molar-refractivity contribution is 0.406. The van der Waals surface area contributed by atoms with Crippen molar-refractivity contribution in [2.45, 2.75) is 39.8 Å². The fourth-order valence-corrected chi connectivity index (χ4v) is 2.35. The van der Waals surface area contributed by atoms with Gasteiger partial charge in [-0.3, -0.25) is 4.68 Å². The molecule has 2 rings (SSSR count). The Kier molecular flexibility index (Phi) is 4.79. The van der Waals surface area contributed by atoms with Gasteiger partial charge in [0.2, 0.25) is 0 Å². The normalized spacial score (nSPS) is 10.8. The van der Waals surface area contributed by atoms with Crippen LogP contribution in [0.5, 0.6) is 5.75 Å². The molecule has 0 saturated heterocycles. The Balaban J connectivity index is 2.35. The monoisotopic (exact) mass is 273 g/mol. The fourth-order valence-electron chi connectivity index (χ4n) is 2.35. The molecule has 0 atom stereocenters. The third kappa shape index (κ3) is 3.02. The first-order chi connectivity index (χ1) is 9.71. The third-order valence-electron chi connectivity index (χ3n) is 3.54. The Bertz CT molecular complexity index is 575. The molecule has 0 bridgehead atoms. The summed E-state index contributed by atoms with van der Waals surface area (Å²) in [6, 6.07) is 8.27. The second-order valence-corrected chi connectivity index (χ2v) is 4.84. The van der Waals surface area contributed by atoms with Crippen LogP contribution in [0.1, 0.15) is 36.4 Å². The van der Waals surface area contributed by atoms with E-state index in [1.54, 1.807) is 7.11 Å². The zero-order valence-electron chi connectivity index (χ0n) is 12.5. The number of aromatic nitrogens is 2. The summed E-state index contributed by atoms with van der Waals surface area (Å²) in [5.41, 5.74) is 10.3. The molecule has 1 heterocycles. The minimum atomic E-state index is 0.539. The van der Waals surface area contributed by atoms with Crippen molar-refractivity contribution in [3.8, 4) is 5.75 Å². The maximum Gasteiger partial charge on any atom is 0.123 e. The van der Waals surface area contributed by atoms with Gasteiger partial charge < -0.3 is 10.5 Å². The Labute approximate surface area is 120 Å². The van der Waals surface area contributed by atoms with E-state index in [9.17, 15) is 0 Å². The summed E-state index contributed by atoms with van der Waals surface area (Å²) >= 11 is 0. The predicted molar refractivity (Wildman–Crippen MR) is 81.0 cm³/mol. The van der Waals surface area contributed by atoms with Crippen molar-refractivity contribution in [2.75, 3.05) is 7.11 Å². The lowest BCUT2D eigenvalue weighted by Gasteiger charge is -2.12. The molecule has 2 aromatic rings. The lowest BCUT2D eigenvalue weighted by Crippen LogP contribution is -2.08.